The van der Waals surface area contributed by atoms with E-state index in [1.807, 2.05) is 6.92 Å². The average molecular weight is 492 g/mol. The molecule has 0 radical (unpaired) electrons. The first-order chi connectivity index (χ1) is 15.6. The van der Waals surface area contributed by atoms with Crippen molar-refractivity contribution in [2.45, 2.75) is 44.6 Å². The van der Waals surface area contributed by atoms with E-state index in [-0.39, 0.29) is 35.7 Å². The predicted octanol–water partition coefficient (Wildman–Crippen LogP) is 3.72. The molecule has 2 aromatic carbocycles. The number of aryl methyl sites for hydroxylation is 2. The smallest absolute Gasteiger partial charge is 0.265 e. The lowest BCUT2D eigenvalue weighted by atomic mass is 9.97. The van der Waals surface area contributed by atoms with Crippen molar-refractivity contribution in [3.8, 4) is 5.75 Å². The van der Waals surface area contributed by atoms with Gasteiger partial charge in [-0.15, -0.1) is 0 Å². The molecule has 2 N–H and O–H groups in total. The lowest BCUT2D eigenvalue weighted by Gasteiger charge is -2.31. The van der Waals surface area contributed by atoms with Crippen LogP contribution < -0.4 is 15.4 Å². The zero-order valence-electron chi connectivity index (χ0n) is 18.6. The second-order valence-corrected chi connectivity index (χ2v) is 10.8. The second kappa shape index (κ2) is 8.96. The van der Waals surface area contributed by atoms with Gasteiger partial charge in [0.15, 0.2) is 6.10 Å². The topological polar surface area (TPSA) is 105 Å². The van der Waals surface area contributed by atoms with Crippen molar-refractivity contribution in [1.29, 1.82) is 0 Å². The summed E-state index contributed by atoms with van der Waals surface area (Å²) >= 11 is 5.97. The third kappa shape index (κ3) is 4.71. The van der Waals surface area contributed by atoms with E-state index in [1.54, 1.807) is 38.1 Å². The number of fused-ring (bicyclic) bond motifs is 1. The molecule has 176 valence electrons. The fourth-order valence-electron chi connectivity index (χ4n) is 4.12. The maximum atomic E-state index is 13.4. The van der Waals surface area contributed by atoms with Crippen molar-refractivity contribution in [2.24, 2.45) is 5.92 Å². The average Bonchev–Trinajstić information content (AvgIpc) is 2.76. The van der Waals surface area contributed by atoms with Crippen molar-refractivity contribution in [1.82, 2.24) is 4.31 Å². The first-order valence-corrected chi connectivity index (χ1v) is 12.6. The molecule has 0 saturated carbocycles. The summed E-state index contributed by atoms with van der Waals surface area (Å²) < 4.78 is 33.7. The van der Waals surface area contributed by atoms with Crippen LogP contribution in [0.25, 0.3) is 0 Å². The molecule has 1 atom stereocenters. The number of carbonyl (C=O) groups is 2. The normalized spacial score (nSPS) is 19.4. The van der Waals surface area contributed by atoms with Crippen LogP contribution in [0.4, 0.5) is 11.4 Å². The van der Waals surface area contributed by atoms with Crippen LogP contribution in [0.1, 0.15) is 30.9 Å². The molecule has 0 aliphatic carbocycles. The summed E-state index contributed by atoms with van der Waals surface area (Å²) in [6.07, 6.45) is 0.144. The first-order valence-electron chi connectivity index (χ1n) is 10.8. The number of nitrogens with zero attached hydrogens (tertiary/aromatic N) is 1. The zero-order valence-corrected chi connectivity index (χ0v) is 20.2. The highest BCUT2D eigenvalue weighted by Crippen LogP contribution is 2.36. The van der Waals surface area contributed by atoms with Crippen LogP contribution in [0, 0.1) is 19.8 Å². The number of hydrogen-bond acceptors (Lipinski definition) is 5. The van der Waals surface area contributed by atoms with Crippen molar-refractivity contribution >= 4 is 44.8 Å². The van der Waals surface area contributed by atoms with Crippen LogP contribution >= 0.6 is 11.6 Å². The third-order valence-corrected chi connectivity index (χ3v) is 8.37. The van der Waals surface area contributed by atoms with Crippen molar-refractivity contribution in [3.05, 3.63) is 46.5 Å². The Labute approximate surface area is 198 Å². The van der Waals surface area contributed by atoms with Crippen LogP contribution in [0.3, 0.4) is 0 Å². The van der Waals surface area contributed by atoms with E-state index < -0.39 is 16.1 Å². The van der Waals surface area contributed by atoms with Gasteiger partial charge in [0.1, 0.15) is 5.75 Å². The molecular formula is C23H26ClN3O5S. The molecule has 0 bridgehead atoms. The van der Waals surface area contributed by atoms with Gasteiger partial charge in [0.25, 0.3) is 5.91 Å². The number of ether oxygens (including phenoxy) is 1. The molecule has 2 aliphatic rings. The summed E-state index contributed by atoms with van der Waals surface area (Å²) in [5.41, 5.74) is 2.55. The lowest BCUT2D eigenvalue weighted by Crippen LogP contribution is -2.41. The standard InChI is InChI=1S/C23H26ClN3O5S/c1-13-10-17(24)4-5-18(13)25-23(29)16-6-8-27(9-7-16)33(30,31)21-12-20-19(11-14(21)2)26-22(28)15(3)32-20/h4-5,10-12,15-16H,6-9H2,1-3H3,(H,25,29)(H,26,28)/t15-/m0/s1. The van der Waals surface area contributed by atoms with E-state index in [9.17, 15) is 18.0 Å². The van der Waals surface area contributed by atoms with E-state index in [2.05, 4.69) is 10.6 Å². The molecule has 0 aromatic heterocycles. The van der Waals surface area contributed by atoms with Crippen molar-refractivity contribution in [3.63, 3.8) is 0 Å². The molecule has 1 saturated heterocycles. The van der Waals surface area contributed by atoms with Gasteiger partial charge in [0, 0.05) is 35.8 Å². The monoisotopic (exact) mass is 491 g/mol. The summed E-state index contributed by atoms with van der Waals surface area (Å²) in [5, 5.41) is 6.26. The highest BCUT2D eigenvalue weighted by atomic mass is 35.5. The summed E-state index contributed by atoms with van der Waals surface area (Å²) in [4.78, 5) is 24.7. The summed E-state index contributed by atoms with van der Waals surface area (Å²) in [6, 6.07) is 8.34. The van der Waals surface area contributed by atoms with Gasteiger partial charge in [-0.05, 0) is 69.0 Å². The molecule has 8 nitrogen and oxygen atoms in total. The molecule has 2 aliphatic heterocycles. The fourth-order valence-corrected chi connectivity index (χ4v) is 6.04. The zero-order chi connectivity index (χ0) is 23.9. The molecular weight excluding hydrogens is 466 g/mol. The Balaban J connectivity index is 1.45. The highest BCUT2D eigenvalue weighted by molar-refractivity contribution is 7.89. The molecule has 4 rings (SSSR count). The minimum atomic E-state index is -3.78. The second-order valence-electron chi connectivity index (χ2n) is 8.49. The van der Waals surface area contributed by atoms with Crippen LogP contribution in [0.15, 0.2) is 35.2 Å². The van der Waals surface area contributed by atoms with E-state index in [0.29, 0.717) is 40.6 Å². The Kier molecular flexibility index (Phi) is 6.39. The SMILES string of the molecule is Cc1cc(Cl)ccc1NC(=O)C1CCN(S(=O)(=O)c2cc3c(cc2C)NC(=O)[C@H](C)O3)CC1. The number of hydrogen-bond donors (Lipinski definition) is 2. The number of sulfonamides is 1. The molecule has 2 amide bonds. The lowest BCUT2D eigenvalue weighted by molar-refractivity contribution is -0.123. The molecule has 10 heteroatoms. The van der Waals surface area contributed by atoms with Gasteiger partial charge < -0.3 is 15.4 Å². The van der Waals surface area contributed by atoms with Crippen molar-refractivity contribution < 1.29 is 22.7 Å². The number of nitrogens with one attached hydrogen (secondary N) is 2. The largest absolute Gasteiger partial charge is 0.479 e. The van der Waals surface area contributed by atoms with Crippen molar-refractivity contribution in [2.75, 3.05) is 23.7 Å². The van der Waals surface area contributed by atoms with Crippen LogP contribution in [-0.4, -0.2) is 43.7 Å². The fraction of sp³-hybridized carbons (Fsp3) is 0.391. The van der Waals surface area contributed by atoms with Crippen LogP contribution in [-0.2, 0) is 19.6 Å². The minimum Gasteiger partial charge on any atom is -0.479 e. The minimum absolute atomic E-state index is 0.124. The van der Waals surface area contributed by atoms with E-state index in [1.165, 1.54) is 10.4 Å². The van der Waals surface area contributed by atoms with Crippen LogP contribution in [0.2, 0.25) is 5.02 Å². The van der Waals surface area contributed by atoms with E-state index >= 15 is 0 Å². The summed E-state index contributed by atoms with van der Waals surface area (Å²) in [6.45, 7) is 5.64. The van der Waals surface area contributed by atoms with Gasteiger partial charge in [-0.3, -0.25) is 9.59 Å². The van der Waals surface area contributed by atoms with E-state index in [0.717, 1.165) is 5.56 Å². The van der Waals surface area contributed by atoms with Gasteiger partial charge in [-0.1, -0.05) is 11.6 Å². The summed E-state index contributed by atoms with van der Waals surface area (Å²) in [5.74, 6) is -0.346. The van der Waals surface area contributed by atoms with E-state index in [4.69, 9.17) is 16.3 Å². The number of anilines is 2. The Bertz CT molecular complexity index is 1220. The third-order valence-electron chi connectivity index (χ3n) is 6.10. The van der Waals surface area contributed by atoms with Gasteiger partial charge in [-0.25, -0.2) is 8.42 Å². The van der Waals surface area contributed by atoms with Crippen LogP contribution in [0.5, 0.6) is 5.75 Å². The number of amides is 2. The molecule has 1 fully saturated rings. The highest BCUT2D eigenvalue weighted by Gasteiger charge is 2.34. The Hall–Kier alpha value is -2.62. The molecule has 2 aromatic rings. The molecule has 0 unspecified atom stereocenters. The molecule has 0 spiro atoms. The Morgan fingerprint density at radius 2 is 1.85 bits per heavy atom. The predicted molar refractivity (Wildman–Crippen MR) is 126 cm³/mol. The molecule has 33 heavy (non-hydrogen) atoms. The molecule has 2 heterocycles. The Morgan fingerprint density at radius 1 is 1.15 bits per heavy atom. The number of piperidine rings is 1. The number of rotatable bonds is 4. The number of halogens is 1. The maximum Gasteiger partial charge on any atom is 0.265 e. The first kappa shape index (κ1) is 23.5. The summed E-state index contributed by atoms with van der Waals surface area (Å²) in [7, 11) is -3.78. The quantitative estimate of drug-likeness (QED) is 0.678. The number of carbonyl (C=O) groups excluding carboxylic acids is 2. The van der Waals surface area contributed by atoms with Gasteiger partial charge in [0.2, 0.25) is 15.9 Å². The van der Waals surface area contributed by atoms with Gasteiger partial charge in [0.05, 0.1) is 10.6 Å². The Morgan fingerprint density at radius 3 is 2.52 bits per heavy atom. The van der Waals surface area contributed by atoms with Gasteiger partial charge in [-0.2, -0.15) is 4.31 Å². The maximum absolute atomic E-state index is 13.4. The van der Waals surface area contributed by atoms with Gasteiger partial charge >= 0.3 is 0 Å². The number of benzene rings is 2.